The molecule has 124 valence electrons. The third-order valence-electron chi connectivity index (χ3n) is 2.74. The summed E-state index contributed by atoms with van der Waals surface area (Å²) in [7, 11) is -0.0312. The highest BCUT2D eigenvalue weighted by Gasteiger charge is 2.20. The van der Waals surface area contributed by atoms with Gasteiger partial charge in [-0.2, -0.15) is 0 Å². The van der Waals surface area contributed by atoms with Gasteiger partial charge in [0.2, 0.25) is 9.47 Å². The Morgan fingerprint density at radius 3 is 2.57 bits per heavy atom. The Labute approximate surface area is 138 Å². The highest BCUT2D eigenvalue weighted by atomic mass is 32.2. The molecule has 0 aliphatic carbocycles. The Morgan fingerprint density at radius 2 is 1.91 bits per heavy atom. The first-order valence-electron chi connectivity index (χ1n) is 6.73. The number of likely N-dealkylation sites (N-methyl/N-ethyl adjacent to an activating group) is 1. The van der Waals surface area contributed by atoms with Gasteiger partial charge in [-0.15, -0.1) is 10.2 Å². The van der Waals surface area contributed by atoms with E-state index in [1.54, 1.807) is 30.3 Å². The Balaban J connectivity index is 2.01. The molecule has 0 fully saturated rings. The van der Waals surface area contributed by atoms with E-state index in [0.717, 1.165) is 11.3 Å². The van der Waals surface area contributed by atoms with Gasteiger partial charge in [-0.05, 0) is 26.2 Å². The van der Waals surface area contributed by atoms with Crippen LogP contribution in [0, 0.1) is 0 Å². The van der Waals surface area contributed by atoms with E-state index in [0.29, 0.717) is 12.1 Å². The summed E-state index contributed by atoms with van der Waals surface area (Å²) in [6.07, 6.45) is 0. The zero-order chi connectivity index (χ0) is 16.9. The van der Waals surface area contributed by atoms with Gasteiger partial charge in [0.15, 0.2) is 0 Å². The summed E-state index contributed by atoms with van der Waals surface area (Å²) in [5.74, 6) is -0.369. The average Bonchev–Trinajstić information content (AvgIpc) is 2.97. The largest absolute Gasteiger partial charge is 0.308 e. The second-order valence-corrected chi connectivity index (χ2v) is 7.81. The lowest BCUT2D eigenvalue weighted by atomic mass is 10.2. The number of nitrogens with one attached hydrogen (secondary N) is 2. The van der Waals surface area contributed by atoms with Crippen molar-refractivity contribution in [3.63, 3.8) is 0 Å². The van der Waals surface area contributed by atoms with Gasteiger partial charge in [0.05, 0.1) is 0 Å². The maximum Gasteiger partial charge on any atom is 0.269 e. The number of carbonyl (C=O) groups is 1. The molecule has 10 heteroatoms. The van der Waals surface area contributed by atoms with Gasteiger partial charge in [-0.25, -0.2) is 13.1 Å². The minimum Gasteiger partial charge on any atom is -0.308 e. The zero-order valence-electron chi connectivity index (χ0n) is 12.7. The van der Waals surface area contributed by atoms with Gasteiger partial charge in [0, 0.05) is 18.7 Å². The number of nitrogens with zero attached hydrogens (tertiary/aromatic N) is 3. The SMILES string of the molecule is CN(C)CCNS(=O)(=O)c1nnc(NC(=O)c2ccccc2)s1. The molecule has 1 aromatic carbocycles. The Bertz CT molecular complexity index is 759. The molecule has 0 bridgehead atoms. The quantitative estimate of drug-likeness (QED) is 0.706. The van der Waals surface area contributed by atoms with Crippen molar-refractivity contribution in [3.05, 3.63) is 35.9 Å². The molecule has 23 heavy (non-hydrogen) atoms. The fraction of sp³-hybridized carbons (Fsp3) is 0.308. The number of sulfonamides is 1. The first kappa shape index (κ1) is 17.5. The average molecular weight is 355 g/mol. The minimum absolute atomic E-state index is 0.131. The van der Waals surface area contributed by atoms with E-state index in [-0.39, 0.29) is 21.9 Å². The van der Waals surface area contributed by atoms with Crippen molar-refractivity contribution < 1.29 is 13.2 Å². The Morgan fingerprint density at radius 1 is 1.22 bits per heavy atom. The van der Waals surface area contributed by atoms with Crippen LogP contribution in [-0.4, -0.2) is 56.6 Å². The lowest BCUT2D eigenvalue weighted by molar-refractivity contribution is 0.102. The molecular weight excluding hydrogens is 338 g/mol. The second-order valence-electron chi connectivity index (χ2n) is 4.89. The molecule has 1 amide bonds. The van der Waals surface area contributed by atoms with Gasteiger partial charge in [0.25, 0.3) is 15.9 Å². The molecule has 0 radical (unpaired) electrons. The van der Waals surface area contributed by atoms with Gasteiger partial charge < -0.3 is 4.90 Å². The van der Waals surface area contributed by atoms with Gasteiger partial charge in [0.1, 0.15) is 0 Å². The molecule has 0 spiro atoms. The predicted octanol–water partition coefficient (Wildman–Crippen LogP) is 0.630. The molecule has 0 saturated carbocycles. The van der Waals surface area contributed by atoms with Crippen molar-refractivity contribution in [1.29, 1.82) is 0 Å². The van der Waals surface area contributed by atoms with Crippen molar-refractivity contribution >= 4 is 32.4 Å². The van der Waals surface area contributed by atoms with Crippen LogP contribution in [0.25, 0.3) is 0 Å². The van der Waals surface area contributed by atoms with Crippen LogP contribution in [0.15, 0.2) is 34.7 Å². The van der Waals surface area contributed by atoms with E-state index >= 15 is 0 Å². The molecule has 0 aliphatic heterocycles. The summed E-state index contributed by atoms with van der Waals surface area (Å²) in [5.41, 5.74) is 0.455. The molecule has 0 unspecified atom stereocenters. The number of anilines is 1. The number of hydrogen-bond donors (Lipinski definition) is 2. The fourth-order valence-electron chi connectivity index (χ4n) is 1.59. The fourth-order valence-corrected chi connectivity index (χ4v) is 3.55. The van der Waals surface area contributed by atoms with Crippen LogP contribution in [0.2, 0.25) is 0 Å². The Kier molecular flexibility index (Phi) is 5.77. The van der Waals surface area contributed by atoms with E-state index in [2.05, 4.69) is 20.2 Å². The topological polar surface area (TPSA) is 104 Å². The first-order chi connectivity index (χ1) is 10.9. The van der Waals surface area contributed by atoms with Crippen LogP contribution in [0.5, 0.6) is 0 Å². The third kappa shape index (κ3) is 5.06. The van der Waals surface area contributed by atoms with Crippen molar-refractivity contribution in [2.45, 2.75) is 4.34 Å². The molecule has 2 rings (SSSR count). The third-order valence-corrected chi connectivity index (χ3v) is 5.41. The highest BCUT2D eigenvalue weighted by molar-refractivity contribution is 7.91. The van der Waals surface area contributed by atoms with E-state index in [4.69, 9.17) is 0 Å². The standard InChI is InChI=1S/C13H17N5O3S2/c1-18(2)9-8-14-23(20,21)13-17-16-12(22-13)15-11(19)10-6-4-3-5-7-10/h3-7,14H,8-9H2,1-2H3,(H,15,16,19). The number of rotatable bonds is 7. The van der Waals surface area contributed by atoms with Crippen molar-refractivity contribution in [3.8, 4) is 0 Å². The summed E-state index contributed by atoms with van der Waals surface area (Å²) in [5, 5.41) is 9.98. The van der Waals surface area contributed by atoms with Crippen LogP contribution in [0.3, 0.4) is 0 Å². The normalized spacial score (nSPS) is 11.6. The van der Waals surface area contributed by atoms with Crippen LogP contribution in [-0.2, 0) is 10.0 Å². The van der Waals surface area contributed by atoms with Crippen LogP contribution < -0.4 is 10.0 Å². The molecule has 1 heterocycles. The molecular formula is C13H17N5O3S2. The van der Waals surface area contributed by atoms with Crippen molar-refractivity contribution in [2.75, 3.05) is 32.5 Å². The monoisotopic (exact) mass is 355 g/mol. The highest BCUT2D eigenvalue weighted by Crippen LogP contribution is 2.20. The molecule has 0 atom stereocenters. The zero-order valence-corrected chi connectivity index (χ0v) is 14.3. The summed E-state index contributed by atoms with van der Waals surface area (Å²) >= 11 is 0.803. The lowest BCUT2D eigenvalue weighted by Gasteiger charge is -2.09. The van der Waals surface area contributed by atoms with E-state index in [1.807, 2.05) is 19.0 Å². The first-order valence-corrected chi connectivity index (χ1v) is 9.03. The number of hydrogen-bond acceptors (Lipinski definition) is 7. The molecule has 1 aromatic heterocycles. The lowest BCUT2D eigenvalue weighted by Crippen LogP contribution is -2.31. The van der Waals surface area contributed by atoms with Gasteiger partial charge >= 0.3 is 0 Å². The summed E-state index contributed by atoms with van der Waals surface area (Å²) in [6.45, 7) is 0.830. The summed E-state index contributed by atoms with van der Waals surface area (Å²) in [6, 6.07) is 8.57. The smallest absolute Gasteiger partial charge is 0.269 e. The molecule has 0 aliphatic rings. The van der Waals surface area contributed by atoms with Crippen molar-refractivity contribution in [1.82, 2.24) is 19.8 Å². The van der Waals surface area contributed by atoms with Crippen LogP contribution >= 0.6 is 11.3 Å². The number of amides is 1. The molecule has 2 aromatic rings. The summed E-state index contributed by atoms with van der Waals surface area (Å²) in [4.78, 5) is 13.8. The maximum absolute atomic E-state index is 12.0. The molecule has 2 N–H and O–H groups in total. The maximum atomic E-state index is 12.0. The van der Waals surface area contributed by atoms with Crippen LogP contribution in [0.4, 0.5) is 5.13 Å². The van der Waals surface area contributed by atoms with Gasteiger partial charge in [-0.1, -0.05) is 29.5 Å². The van der Waals surface area contributed by atoms with E-state index < -0.39 is 10.0 Å². The van der Waals surface area contributed by atoms with E-state index in [9.17, 15) is 13.2 Å². The number of aromatic nitrogens is 2. The molecule has 0 saturated heterocycles. The predicted molar refractivity (Wildman–Crippen MR) is 88.0 cm³/mol. The molecule has 8 nitrogen and oxygen atoms in total. The second kappa shape index (κ2) is 7.59. The van der Waals surface area contributed by atoms with Crippen molar-refractivity contribution in [2.24, 2.45) is 0 Å². The van der Waals surface area contributed by atoms with Crippen LogP contribution in [0.1, 0.15) is 10.4 Å². The number of carbonyl (C=O) groups excluding carboxylic acids is 1. The van der Waals surface area contributed by atoms with E-state index in [1.165, 1.54) is 0 Å². The van der Waals surface area contributed by atoms with Gasteiger partial charge in [-0.3, -0.25) is 10.1 Å². The minimum atomic E-state index is -3.72. The number of benzene rings is 1. The Hall–Kier alpha value is -1.88. The summed E-state index contributed by atoms with van der Waals surface area (Å²) < 4.78 is 26.3.